The van der Waals surface area contributed by atoms with Crippen molar-refractivity contribution >= 4 is 5.97 Å². The Morgan fingerprint density at radius 1 is 1.00 bits per heavy atom. The molecule has 154 valence electrons. The van der Waals surface area contributed by atoms with Gasteiger partial charge in [0.05, 0.1) is 0 Å². The molecule has 0 aliphatic carbocycles. The number of rotatable bonds is 6. The van der Waals surface area contributed by atoms with Crippen molar-refractivity contribution in [1.29, 1.82) is 0 Å². The van der Waals surface area contributed by atoms with E-state index in [9.17, 15) is 10.0 Å². The van der Waals surface area contributed by atoms with Gasteiger partial charge < -0.3 is 10.3 Å². The number of quaternary nitrogens is 1. The van der Waals surface area contributed by atoms with Crippen molar-refractivity contribution in [1.82, 2.24) is 0 Å². The summed E-state index contributed by atoms with van der Waals surface area (Å²) in [6.45, 7) is 17.6. The molecular weight excluding hydrogens is 346 g/mol. The summed E-state index contributed by atoms with van der Waals surface area (Å²) < 4.78 is 0. The first-order valence-electron chi connectivity index (χ1n) is 9.31. The van der Waals surface area contributed by atoms with Crippen LogP contribution in [0, 0.1) is 5.21 Å². The molecule has 6 heteroatoms. The van der Waals surface area contributed by atoms with Crippen LogP contribution in [0.1, 0.15) is 85.4 Å². The van der Waals surface area contributed by atoms with Gasteiger partial charge in [-0.2, -0.15) is 4.84 Å². The van der Waals surface area contributed by atoms with E-state index in [1.807, 2.05) is 53.7 Å². The molecule has 0 aliphatic heterocycles. The van der Waals surface area contributed by atoms with Crippen LogP contribution >= 0.6 is 0 Å². The van der Waals surface area contributed by atoms with Gasteiger partial charge in [0.1, 0.15) is 5.60 Å². The molecule has 0 radical (unpaired) electrons. The lowest BCUT2D eigenvalue weighted by atomic mass is 9.78. The Kier molecular flexibility index (Phi) is 7.08. The number of hydrogen-bond acceptors (Lipinski definition) is 4. The monoisotopic (exact) mass is 381 g/mol. The van der Waals surface area contributed by atoms with Crippen LogP contribution in [-0.4, -0.2) is 16.7 Å². The predicted octanol–water partition coefficient (Wildman–Crippen LogP) is 3.71. The molecule has 27 heavy (non-hydrogen) atoms. The largest absolute Gasteiger partial charge is 0.556 e. The molecule has 0 aromatic heterocycles. The summed E-state index contributed by atoms with van der Waals surface area (Å²) in [7, 11) is 0. The molecule has 6 nitrogen and oxygen atoms in total. The van der Waals surface area contributed by atoms with Crippen LogP contribution in [0.3, 0.4) is 0 Å². The van der Waals surface area contributed by atoms with E-state index in [1.54, 1.807) is 20.8 Å². The summed E-state index contributed by atoms with van der Waals surface area (Å²) in [5.41, 5.74) is 1.40. The van der Waals surface area contributed by atoms with Crippen LogP contribution in [-0.2, 0) is 26.9 Å². The lowest BCUT2D eigenvalue weighted by Crippen LogP contribution is -3.09. The fraction of sp³-hybridized carbons (Fsp3) is 0.667. The van der Waals surface area contributed by atoms with E-state index in [0.717, 1.165) is 16.7 Å². The summed E-state index contributed by atoms with van der Waals surface area (Å²) in [5.74, 6) is -0.331. The standard InChI is InChI=1S/C21H35NO5/c1-19(2,3)15-12-14(10-11-17(23)24)13-16(20(4,5)6)18(15)26-22(25)27-21(7,8)9/h12-13,22H,10-11H2,1-9H3,(H,23,24). The smallest absolute Gasteiger partial charge is 0.303 e. The van der Waals surface area contributed by atoms with Crippen molar-refractivity contribution in [3.8, 4) is 5.75 Å². The Labute approximate surface area is 163 Å². The van der Waals surface area contributed by atoms with Gasteiger partial charge in [0.15, 0.2) is 0 Å². The maximum atomic E-state index is 12.4. The van der Waals surface area contributed by atoms with Gasteiger partial charge in [-0.25, -0.2) is 0 Å². The first kappa shape index (κ1) is 23.4. The normalized spacial score (nSPS) is 14.1. The van der Waals surface area contributed by atoms with Gasteiger partial charge in [-0.05, 0) is 49.0 Å². The molecule has 1 atom stereocenters. The minimum Gasteiger partial charge on any atom is -0.556 e. The predicted molar refractivity (Wildman–Crippen MR) is 106 cm³/mol. The first-order chi connectivity index (χ1) is 12.0. The lowest BCUT2D eigenvalue weighted by molar-refractivity contribution is -1.19. The molecule has 1 aromatic rings. The van der Waals surface area contributed by atoms with E-state index < -0.39 is 17.0 Å². The molecule has 1 rings (SSSR count). The van der Waals surface area contributed by atoms with E-state index >= 15 is 0 Å². The van der Waals surface area contributed by atoms with Gasteiger partial charge in [-0.1, -0.05) is 53.7 Å². The second kappa shape index (κ2) is 8.17. The number of carboxylic acid groups (broad SMARTS) is 1. The van der Waals surface area contributed by atoms with Gasteiger partial charge in [0.25, 0.3) is 0 Å². The van der Waals surface area contributed by atoms with Crippen LogP contribution < -0.4 is 10.2 Å². The molecule has 0 saturated carbocycles. The Hall–Kier alpha value is -1.63. The minimum absolute atomic E-state index is 0.0550. The van der Waals surface area contributed by atoms with Gasteiger partial charge in [0.2, 0.25) is 5.75 Å². The Morgan fingerprint density at radius 2 is 1.44 bits per heavy atom. The highest BCUT2D eigenvalue weighted by Gasteiger charge is 2.31. The fourth-order valence-electron chi connectivity index (χ4n) is 2.66. The average Bonchev–Trinajstić information content (AvgIpc) is 2.41. The first-order valence-corrected chi connectivity index (χ1v) is 9.31. The summed E-state index contributed by atoms with van der Waals surface area (Å²) in [5, 5.41) is 20.7. The highest BCUT2D eigenvalue weighted by Crippen LogP contribution is 2.40. The summed E-state index contributed by atoms with van der Waals surface area (Å²) in [6.07, 6.45) is 0.480. The topological polar surface area (TPSA) is 83.3 Å². The molecule has 0 amide bonds. The summed E-state index contributed by atoms with van der Waals surface area (Å²) >= 11 is 0. The number of aryl methyl sites for hydroxylation is 1. The van der Waals surface area contributed by atoms with Gasteiger partial charge in [-0.3, -0.25) is 9.63 Å². The third-order valence-electron chi connectivity index (χ3n) is 3.97. The van der Waals surface area contributed by atoms with E-state index in [4.69, 9.17) is 14.8 Å². The number of aliphatic carboxylic acids is 1. The number of carboxylic acids is 1. The second-order valence-corrected chi connectivity index (χ2v) is 9.98. The van der Waals surface area contributed by atoms with E-state index in [1.165, 1.54) is 0 Å². The van der Waals surface area contributed by atoms with Gasteiger partial charge in [-0.15, -0.1) is 0 Å². The van der Waals surface area contributed by atoms with Crippen molar-refractivity contribution in [2.75, 3.05) is 0 Å². The lowest BCUT2D eigenvalue weighted by Gasteiger charge is -2.32. The zero-order valence-corrected chi connectivity index (χ0v) is 18.1. The Bertz CT molecular complexity index is 628. The third kappa shape index (κ3) is 7.48. The molecular formula is C21H35NO5. The molecule has 0 spiro atoms. The van der Waals surface area contributed by atoms with Crippen molar-refractivity contribution in [3.63, 3.8) is 0 Å². The molecule has 0 heterocycles. The number of nitrogens with one attached hydrogen (secondary N) is 1. The fourth-order valence-corrected chi connectivity index (χ4v) is 2.66. The zero-order chi connectivity index (χ0) is 21.2. The molecule has 1 aromatic carbocycles. The molecule has 0 aliphatic rings. The summed E-state index contributed by atoms with van der Waals surface area (Å²) in [4.78, 5) is 22.1. The average molecular weight is 382 g/mol. The van der Waals surface area contributed by atoms with E-state index in [-0.39, 0.29) is 17.3 Å². The highest BCUT2D eigenvalue weighted by molar-refractivity contribution is 5.67. The van der Waals surface area contributed by atoms with Gasteiger partial charge in [0, 0.05) is 17.5 Å². The van der Waals surface area contributed by atoms with Crippen molar-refractivity contribution in [3.05, 3.63) is 34.0 Å². The molecule has 2 N–H and O–H groups in total. The van der Waals surface area contributed by atoms with Crippen LogP contribution in [0.2, 0.25) is 0 Å². The molecule has 0 saturated heterocycles. The Morgan fingerprint density at radius 3 is 1.78 bits per heavy atom. The van der Waals surface area contributed by atoms with Crippen LogP contribution in [0.4, 0.5) is 0 Å². The minimum atomic E-state index is -0.835. The third-order valence-corrected chi connectivity index (χ3v) is 3.97. The second-order valence-electron chi connectivity index (χ2n) is 9.98. The van der Waals surface area contributed by atoms with Crippen LogP contribution in [0.25, 0.3) is 0 Å². The van der Waals surface area contributed by atoms with Crippen molar-refractivity contribution < 1.29 is 25.0 Å². The Balaban J connectivity index is 3.49. The van der Waals surface area contributed by atoms with Crippen LogP contribution in [0.15, 0.2) is 12.1 Å². The van der Waals surface area contributed by atoms with Crippen molar-refractivity contribution in [2.45, 2.75) is 91.6 Å². The SMILES string of the molecule is CC(C)(C)O[NH+]([O-])Oc1c(C(C)(C)C)cc(CCC(=O)O)cc1C(C)(C)C. The summed E-state index contributed by atoms with van der Waals surface area (Å²) in [6, 6.07) is 3.88. The number of benzene rings is 1. The van der Waals surface area contributed by atoms with E-state index in [0.29, 0.717) is 12.2 Å². The maximum Gasteiger partial charge on any atom is 0.303 e. The maximum absolute atomic E-state index is 12.4. The number of hydrogen-bond donors (Lipinski definition) is 2. The quantitative estimate of drug-likeness (QED) is 0.734. The van der Waals surface area contributed by atoms with Crippen LogP contribution in [0.5, 0.6) is 5.75 Å². The number of carbonyl (C=O) groups is 1. The zero-order valence-electron chi connectivity index (χ0n) is 18.1. The highest BCUT2D eigenvalue weighted by atomic mass is 17.1. The molecule has 1 unspecified atom stereocenters. The molecule has 0 fully saturated rings. The van der Waals surface area contributed by atoms with Gasteiger partial charge >= 0.3 is 5.97 Å². The van der Waals surface area contributed by atoms with E-state index in [2.05, 4.69) is 0 Å². The molecule has 0 bridgehead atoms. The van der Waals surface area contributed by atoms with Crippen molar-refractivity contribution in [2.24, 2.45) is 0 Å².